The van der Waals surface area contributed by atoms with Crippen molar-refractivity contribution in [3.8, 4) is 5.82 Å². The van der Waals surface area contributed by atoms with E-state index in [2.05, 4.69) is 31.0 Å². The SMILES string of the molecule is CNc1cc(-n2nc(C)cc2Nc2cc(NC(=O)c3cc(CN4CCOCC4)cc(C(F)(F)F)c3)ccc2C)ncn1. The number of amides is 1. The quantitative estimate of drug-likeness (QED) is 0.262. The number of ether oxygens (including phenoxy) is 1. The van der Waals surface area contributed by atoms with Crippen molar-refractivity contribution in [2.75, 3.05) is 49.3 Å². The maximum absolute atomic E-state index is 13.7. The average Bonchev–Trinajstić information content (AvgIpc) is 3.34. The van der Waals surface area contributed by atoms with Gasteiger partial charge in [-0.15, -0.1) is 0 Å². The third kappa shape index (κ3) is 6.86. The van der Waals surface area contributed by atoms with Crippen LogP contribution in [0.15, 0.2) is 54.9 Å². The third-order valence-corrected chi connectivity index (χ3v) is 6.81. The maximum atomic E-state index is 13.7. The summed E-state index contributed by atoms with van der Waals surface area (Å²) in [6.07, 6.45) is -3.15. The number of rotatable bonds is 8. The third-order valence-electron chi connectivity index (χ3n) is 6.81. The van der Waals surface area contributed by atoms with Crippen molar-refractivity contribution >= 4 is 28.9 Å². The number of morpholine rings is 1. The Morgan fingerprint density at radius 1 is 1.02 bits per heavy atom. The summed E-state index contributed by atoms with van der Waals surface area (Å²) >= 11 is 0. The van der Waals surface area contributed by atoms with Gasteiger partial charge < -0.3 is 20.7 Å². The Kier molecular flexibility index (Phi) is 8.41. The number of nitrogens with one attached hydrogen (secondary N) is 3. The summed E-state index contributed by atoms with van der Waals surface area (Å²) in [5, 5.41) is 13.6. The summed E-state index contributed by atoms with van der Waals surface area (Å²) in [4.78, 5) is 23.7. The predicted molar refractivity (Wildman–Crippen MR) is 153 cm³/mol. The van der Waals surface area contributed by atoms with Gasteiger partial charge in [-0.05, 0) is 55.3 Å². The number of alkyl halides is 3. The van der Waals surface area contributed by atoms with Crippen molar-refractivity contribution < 1.29 is 22.7 Å². The van der Waals surface area contributed by atoms with E-state index < -0.39 is 17.6 Å². The standard InChI is InChI=1S/C29H31F3N8O2/c1-18-4-5-23(14-24(18)37-27-10-19(2)38-40(27)26-15-25(33-3)34-17-35-26)36-28(41)21-11-20(12-22(13-21)29(30,31)32)16-39-6-8-42-9-7-39/h4-5,10-15,17,37H,6-9,16H2,1-3H3,(H,36,41)(H,33,34,35). The van der Waals surface area contributed by atoms with Gasteiger partial charge in [-0.1, -0.05) is 6.07 Å². The van der Waals surface area contributed by atoms with Crippen LogP contribution in [0.2, 0.25) is 0 Å². The fourth-order valence-corrected chi connectivity index (χ4v) is 4.63. The summed E-state index contributed by atoms with van der Waals surface area (Å²) in [5.74, 6) is 1.17. The second-order valence-corrected chi connectivity index (χ2v) is 10.0. The van der Waals surface area contributed by atoms with E-state index in [1.165, 1.54) is 12.4 Å². The highest BCUT2D eigenvalue weighted by Crippen LogP contribution is 2.32. The number of halogens is 3. The number of hydrogen-bond donors (Lipinski definition) is 3. The molecular formula is C29H31F3N8O2. The smallest absolute Gasteiger partial charge is 0.379 e. The van der Waals surface area contributed by atoms with Crippen molar-refractivity contribution in [3.05, 3.63) is 82.8 Å². The van der Waals surface area contributed by atoms with Gasteiger partial charge in [0.1, 0.15) is 18.0 Å². The van der Waals surface area contributed by atoms with Crippen molar-refractivity contribution in [2.45, 2.75) is 26.6 Å². The number of nitrogens with zero attached hydrogens (tertiary/aromatic N) is 5. The number of benzene rings is 2. The van der Waals surface area contributed by atoms with Crippen LogP contribution in [0.5, 0.6) is 0 Å². The van der Waals surface area contributed by atoms with Gasteiger partial charge in [0.15, 0.2) is 5.82 Å². The number of anilines is 4. The highest BCUT2D eigenvalue weighted by Gasteiger charge is 2.32. The fraction of sp³-hybridized carbons (Fsp3) is 0.310. The maximum Gasteiger partial charge on any atom is 0.416 e. The van der Waals surface area contributed by atoms with Gasteiger partial charge in [0, 0.05) is 55.8 Å². The van der Waals surface area contributed by atoms with E-state index in [0.29, 0.717) is 67.2 Å². The van der Waals surface area contributed by atoms with E-state index in [-0.39, 0.29) is 5.56 Å². The molecule has 3 N–H and O–H groups in total. The van der Waals surface area contributed by atoms with Crippen LogP contribution in [0.1, 0.15) is 32.7 Å². The Morgan fingerprint density at radius 3 is 2.55 bits per heavy atom. The van der Waals surface area contributed by atoms with Crippen molar-refractivity contribution in [2.24, 2.45) is 0 Å². The first kappa shape index (κ1) is 29.0. The van der Waals surface area contributed by atoms with E-state index in [1.54, 1.807) is 29.9 Å². The van der Waals surface area contributed by atoms with Gasteiger partial charge in [0.25, 0.3) is 5.91 Å². The predicted octanol–water partition coefficient (Wildman–Crippen LogP) is 5.17. The number of hydrogen-bond acceptors (Lipinski definition) is 8. The van der Waals surface area contributed by atoms with Gasteiger partial charge in [-0.25, -0.2) is 9.97 Å². The molecule has 0 spiro atoms. The lowest BCUT2D eigenvalue weighted by atomic mass is 10.0. The largest absolute Gasteiger partial charge is 0.416 e. The molecule has 0 saturated carbocycles. The Morgan fingerprint density at radius 2 is 1.81 bits per heavy atom. The Hall–Kier alpha value is -4.49. The van der Waals surface area contributed by atoms with Gasteiger partial charge in [0.2, 0.25) is 0 Å². The molecule has 1 saturated heterocycles. The van der Waals surface area contributed by atoms with Crippen LogP contribution in [-0.2, 0) is 17.5 Å². The summed E-state index contributed by atoms with van der Waals surface area (Å²) < 4.78 is 48.2. The molecule has 0 aliphatic carbocycles. The average molecular weight is 581 g/mol. The molecule has 3 heterocycles. The topological polar surface area (TPSA) is 109 Å². The van der Waals surface area contributed by atoms with Gasteiger partial charge in [-0.2, -0.15) is 23.0 Å². The van der Waals surface area contributed by atoms with Crippen LogP contribution in [-0.4, -0.2) is 63.9 Å². The highest BCUT2D eigenvalue weighted by atomic mass is 19.4. The molecule has 4 aromatic rings. The van der Waals surface area contributed by atoms with Crippen molar-refractivity contribution in [1.82, 2.24) is 24.6 Å². The summed E-state index contributed by atoms with van der Waals surface area (Å²) in [7, 11) is 1.76. The minimum atomic E-state index is -4.59. The van der Waals surface area contributed by atoms with Crippen LogP contribution in [0.4, 0.5) is 36.2 Å². The van der Waals surface area contributed by atoms with Gasteiger partial charge in [0.05, 0.1) is 24.5 Å². The number of aromatic nitrogens is 4. The molecule has 0 bridgehead atoms. The summed E-state index contributed by atoms with van der Waals surface area (Å²) in [6, 6.07) is 12.3. The minimum absolute atomic E-state index is 0.0685. The summed E-state index contributed by atoms with van der Waals surface area (Å²) in [5.41, 5.74) is 2.21. The van der Waals surface area contributed by atoms with Gasteiger partial charge >= 0.3 is 6.18 Å². The van der Waals surface area contributed by atoms with Crippen molar-refractivity contribution in [3.63, 3.8) is 0 Å². The van der Waals surface area contributed by atoms with Crippen LogP contribution in [0, 0.1) is 13.8 Å². The van der Waals surface area contributed by atoms with Crippen LogP contribution in [0.3, 0.4) is 0 Å². The Labute approximate surface area is 240 Å². The first-order valence-electron chi connectivity index (χ1n) is 13.4. The van der Waals surface area contributed by atoms with E-state index in [0.717, 1.165) is 23.4 Å². The zero-order chi connectivity index (χ0) is 29.9. The van der Waals surface area contributed by atoms with E-state index >= 15 is 0 Å². The number of carbonyl (C=O) groups is 1. The molecule has 220 valence electrons. The Bertz CT molecular complexity index is 1580. The lowest BCUT2D eigenvalue weighted by molar-refractivity contribution is -0.137. The lowest BCUT2D eigenvalue weighted by Gasteiger charge is -2.27. The first-order valence-corrected chi connectivity index (χ1v) is 13.4. The monoisotopic (exact) mass is 580 g/mol. The number of carbonyl (C=O) groups excluding carboxylic acids is 1. The highest BCUT2D eigenvalue weighted by molar-refractivity contribution is 6.04. The minimum Gasteiger partial charge on any atom is -0.379 e. The van der Waals surface area contributed by atoms with Crippen LogP contribution < -0.4 is 16.0 Å². The van der Waals surface area contributed by atoms with Crippen molar-refractivity contribution in [1.29, 1.82) is 0 Å². The molecule has 0 atom stereocenters. The first-order chi connectivity index (χ1) is 20.1. The molecule has 0 unspecified atom stereocenters. The summed E-state index contributed by atoms with van der Waals surface area (Å²) in [6.45, 7) is 6.32. The molecule has 42 heavy (non-hydrogen) atoms. The molecule has 1 aliphatic rings. The molecule has 1 amide bonds. The number of aryl methyl sites for hydroxylation is 2. The second kappa shape index (κ2) is 12.2. The van der Waals surface area contributed by atoms with E-state index in [4.69, 9.17) is 4.74 Å². The second-order valence-electron chi connectivity index (χ2n) is 10.0. The molecule has 13 heteroatoms. The zero-order valence-corrected chi connectivity index (χ0v) is 23.4. The Balaban J connectivity index is 1.39. The molecule has 10 nitrogen and oxygen atoms in total. The lowest BCUT2D eigenvalue weighted by Crippen LogP contribution is -2.35. The zero-order valence-electron chi connectivity index (χ0n) is 23.4. The molecular weight excluding hydrogens is 549 g/mol. The molecule has 2 aromatic carbocycles. The molecule has 0 radical (unpaired) electrons. The van der Waals surface area contributed by atoms with Crippen LogP contribution >= 0.6 is 0 Å². The van der Waals surface area contributed by atoms with Gasteiger partial charge in [-0.3, -0.25) is 9.69 Å². The molecule has 1 fully saturated rings. The molecule has 2 aromatic heterocycles. The van der Waals surface area contributed by atoms with E-state index in [1.807, 2.05) is 30.9 Å². The molecule has 5 rings (SSSR count). The fourth-order valence-electron chi connectivity index (χ4n) is 4.63. The van der Waals surface area contributed by atoms with Crippen LogP contribution in [0.25, 0.3) is 5.82 Å². The van der Waals surface area contributed by atoms with E-state index in [9.17, 15) is 18.0 Å². The normalized spacial score (nSPS) is 14.0. The molecule has 1 aliphatic heterocycles.